The molecule has 5 rings (SSSR count). The minimum absolute atomic E-state index is 0.337. The second kappa shape index (κ2) is 19.8. The lowest BCUT2D eigenvalue weighted by Crippen LogP contribution is -2.48. The maximum atomic E-state index is 10.3. The highest BCUT2D eigenvalue weighted by Crippen LogP contribution is 2.35. The predicted octanol–water partition coefficient (Wildman–Crippen LogP) is 5.82. The standard InChI is InChI=1S/C10H19NO.C9H17NO.C9H19NO.2C2H6/c12-10(6-2-1-3-7-10)9-5-4-8-11-9;11-9(5-1-2-6-9)8-4-3-7-10-8;1-2-7-10-8-9(11)5-3-4-6-9;2*1-2/h9,11-12H,1-8H2;8,10-11H,1-7H2;10-11H,2-8H2,1H3;2*1-2H3/t;8-;;;/m.0.../s1. The molecule has 0 spiro atoms. The summed E-state index contributed by atoms with van der Waals surface area (Å²) < 4.78 is 0. The number of hydrogen-bond acceptors (Lipinski definition) is 6. The number of rotatable bonds is 6. The Hall–Kier alpha value is -0.240. The van der Waals surface area contributed by atoms with Crippen LogP contribution in [-0.4, -0.2) is 70.4 Å². The molecule has 0 aromatic heterocycles. The van der Waals surface area contributed by atoms with Crippen LogP contribution in [0.5, 0.6) is 0 Å². The van der Waals surface area contributed by atoms with Crippen molar-refractivity contribution in [2.75, 3.05) is 26.2 Å². The third-order valence-electron chi connectivity index (χ3n) is 9.02. The monoisotopic (exact) mass is 542 g/mol. The Morgan fingerprint density at radius 3 is 1.37 bits per heavy atom. The lowest BCUT2D eigenvalue weighted by atomic mass is 9.79. The first-order valence-electron chi connectivity index (χ1n) is 16.7. The van der Waals surface area contributed by atoms with Crippen molar-refractivity contribution in [3.63, 3.8) is 0 Å². The molecule has 0 aromatic carbocycles. The molecule has 2 aliphatic heterocycles. The molecule has 5 fully saturated rings. The van der Waals surface area contributed by atoms with E-state index in [0.717, 1.165) is 71.1 Å². The van der Waals surface area contributed by atoms with E-state index in [-0.39, 0.29) is 16.8 Å². The normalized spacial score (nSPS) is 28.4. The molecule has 2 saturated heterocycles. The number of aliphatic hydroxyl groups is 3. The maximum absolute atomic E-state index is 10.3. The van der Waals surface area contributed by atoms with Crippen molar-refractivity contribution in [1.29, 1.82) is 0 Å². The number of nitrogens with one attached hydrogen (secondary N) is 3. The van der Waals surface area contributed by atoms with Crippen LogP contribution in [0.4, 0.5) is 0 Å². The van der Waals surface area contributed by atoms with Crippen LogP contribution >= 0.6 is 0 Å². The van der Waals surface area contributed by atoms with Gasteiger partial charge in [-0.2, -0.15) is 0 Å². The highest BCUT2D eigenvalue weighted by molar-refractivity contribution is 4.97. The molecule has 228 valence electrons. The summed E-state index contributed by atoms with van der Waals surface area (Å²) in [5, 5.41) is 40.4. The fraction of sp³-hybridized carbons (Fsp3) is 1.00. The Morgan fingerprint density at radius 1 is 0.605 bits per heavy atom. The average Bonchev–Trinajstić information content (AvgIpc) is 3.77. The van der Waals surface area contributed by atoms with E-state index in [0.29, 0.717) is 12.1 Å². The lowest BCUT2D eigenvalue weighted by molar-refractivity contribution is -0.0250. The van der Waals surface area contributed by atoms with Gasteiger partial charge in [0.25, 0.3) is 0 Å². The molecule has 0 aromatic rings. The van der Waals surface area contributed by atoms with Gasteiger partial charge in [-0.15, -0.1) is 0 Å². The summed E-state index contributed by atoms with van der Waals surface area (Å²) in [6, 6.07) is 0.808. The fourth-order valence-electron chi connectivity index (χ4n) is 6.84. The van der Waals surface area contributed by atoms with Gasteiger partial charge in [0.1, 0.15) is 0 Å². The molecular weight excluding hydrogens is 474 g/mol. The van der Waals surface area contributed by atoms with Crippen molar-refractivity contribution in [2.45, 2.75) is 179 Å². The van der Waals surface area contributed by atoms with Crippen molar-refractivity contribution < 1.29 is 15.3 Å². The van der Waals surface area contributed by atoms with E-state index in [1.165, 1.54) is 70.6 Å². The predicted molar refractivity (Wildman–Crippen MR) is 163 cm³/mol. The fourth-order valence-corrected chi connectivity index (χ4v) is 6.84. The first-order chi connectivity index (χ1) is 18.4. The van der Waals surface area contributed by atoms with Gasteiger partial charge in [-0.05, 0) is 90.3 Å². The molecule has 3 saturated carbocycles. The Morgan fingerprint density at radius 2 is 1.00 bits per heavy atom. The van der Waals surface area contributed by atoms with E-state index in [9.17, 15) is 15.3 Å². The molecule has 0 bridgehead atoms. The molecule has 2 heterocycles. The topological polar surface area (TPSA) is 96.8 Å². The molecule has 38 heavy (non-hydrogen) atoms. The van der Waals surface area contributed by atoms with Gasteiger partial charge < -0.3 is 31.3 Å². The first kappa shape index (κ1) is 35.8. The van der Waals surface area contributed by atoms with Crippen LogP contribution in [0, 0.1) is 0 Å². The highest BCUT2D eigenvalue weighted by atomic mass is 16.3. The van der Waals surface area contributed by atoms with E-state index < -0.39 is 0 Å². The summed E-state index contributed by atoms with van der Waals surface area (Å²) in [6.45, 7) is 14.2. The molecule has 2 atom stereocenters. The SMILES string of the molecule is CC.CC.CCCNCC1(O)CCCC1.OC1(C2CCCN2)CCCCC1.OC1([C@@H]2CCCN2)CCCC1. The van der Waals surface area contributed by atoms with E-state index in [4.69, 9.17) is 0 Å². The smallest absolute Gasteiger partial charge is 0.0800 e. The first-order valence-corrected chi connectivity index (χ1v) is 16.7. The second-order valence-electron chi connectivity index (χ2n) is 11.9. The maximum Gasteiger partial charge on any atom is 0.0800 e. The Labute approximate surface area is 236 Å². The molecule has 0 amide bonds. The molecular formula is C32H67N3O3. The van der Waals surface area contributed by atoms with Crippen molar-refractivity contribution >= 4 is 0 Å². The molecule has 6 nitrogen and oxygen atoms in total. The van der Waals surface area contributed by atoms with Gasteiger partial charge in [0.05, 0.1) is 16.8 Å². The van der Waals surface area contributed by atoms with Gasteiger partial charge in [0.15, 0.2) is 0 Å². The summed E-state index contributed by atoms with van der Waals surface area (Å²) in [4.78, 5) is 0. The average molecular weight is 542 g/mol. The summed E-state index contributed by atoms with van der Waals surface area (Å²) in [5.74, 6) is 0. The molecule has 0 radical (unpaired) electrons. The van der Waals surface area contributed by atoms with Crippen molar-refractivity contribution in [3.05, 3.63) is 0 Å². The van der Waals surface area contributed by atoms with Gasteiger partial charge >= 0.3 is 0 Å². The summed E-state index contributed by atoms with van der Waals surface area (Å²) in [7, 11) is 0. The minimum Gasteiger partial charge on any atom is -0.389 e. The van der Waals surface area contributed by atoms with E-state index >= 15 is 0 Å². The van der Waals surface area contributed by atoms with Gasteiger partial charge in [-0.25, -0.2) is 0 Å². The van der Waals surface area contributed by atoms with Crippen molar-refractivity contribution in [2.24, 2.45) is 0 Å². The molecule has 6 N–H and O–H groups in total. The van der Waals surface area contributed by atoms with Crippen LogP contribution in [-0.2, 0) is 0 Å². The van der Waals surface area contributed by atoms with Crippen LogP contribution < -0.4 is 16.0 Å². The van der Waals surface area contributed by atoms with Gasteiger partial charge in [-0.3, -0.25) is 0 Å². The highest BCUT2D eigenvalue weighted by Gasteiger charge is 2.40. The van der Waals surface area contributed by atoms with Crippen LogP contribution in [0.25, 0.3) is 0 Å². The van der Waals surface area contributed by atoms with Gasteiger partial charge in [-0.1, -0.05) is 79.6 Å². The Kier molecular flexibility index (Phi) is 18.6. The second-order valence-corrected chi connectivity index (χ2v) is 11.9. The van der Waals surface area contributed by atoms with E-state index in [1.54, 1.807) is 0 Å². The van der Waals surface area contributed by atoms with E-state index in [1.807, 2.05) is 27.7 Å². The van der Waals surface area contributed by atoms with Crippen LogP contribution in [0.3, 0.4) is 0 Å². The third kappa shape index (κ3) is 12.1. The molecule has 6 heteroatoms. The van der Waals surface area contributed by atoms with E-state index in [2.05, 4.69) is 22.9 Å². The lowest BCUT2D eigenvalue weighted by Gasteiger charge is -2.37. The number of hydrogen-bond donors (Lipinski definition) is 6. The van der Waals surface area contributed by atoms with Crippen LogP contribution in [0.1, 0.15) is 150 Å². The van der Waals surface area contributed by atoms with Gasteiger partial charge in [0.2, 0.25) is 0 Å². The minimum atomic E-state index is -0.366. The summed E-state index contributed by atoms with van der Waals surface area (Å²) in [5.41, 5.74) is -1.06. The zero-order chi connectivity index (χ0) is 28.3. The zero-order valence-corrected chi connectivity index (χ0v) is 26.1. The zero-order valence-electron chi connectivity index (χ0n) is 26.1. The quantitative estimate of drug-likeness (QED) is 0.237. The van der Waals surface area contributed by atoms with Gasteiger partial charge in [0, 0.05) is 18.6 Å². The Bertz CT molecular complexity index is 544. The molecule has 5 aliphatic rings. The summed E-state index contributed by atoms with van der Waals surface area (Å²) >= 11 is 0. The third-order valence-corrected chi connectivity index (χ3v) is 9.02. The largest absolute Gasteiger partial charge is 0.389 e. The van der Waals surface area contributed by atoms with Crippen molar-refractivity contribution in [1.82, 2.24) is 16.0 Å². The molecule has 3 aliphatic carbocycles. The summed E-state index contributed by atoms with van der Waals surface area (Å²) in [6.07, 6.45) is 20.6. The Balaban J connectivity index is 0.000000267. The van der Waals surface area contributed by atoms with Crippen LogP contribution in [0.2, 0.25) is 0 Å². The van der Waals surface area contributed by atoms with Crippen LogP contribution in [0.15, 0.2) is 0 Å². The molecule has 1 unspecified atom stereocenters. The van der Waals surface area contributed by atoms with Crippen molar-refractivity contribution in [3.8, 4) is 0 Å².